The quantitative estimate of drug-likeness (QED) is 0.511. The zero-order valence-corrected chi connectivity index (χ0v) is 16.9. The molecule has 0 fully saturated rings. The Morgan fingerprint density at radius 3 is 2.66 bits per heavy atom. The maximum absolute atomic E-state index is 13.7. The van der Waals surface area contributed by atoms with Crippen LogP contribution in [0.1, 0.15) is 31.2 Å². The van der Waals surface area contributed by atoms with Gasteiger partial charge in [-0.15, -0.1) is 0 Å². The van der Waals surface area contributed by atoms with Crippen molar-refractivity contribution in [2.75, 3.05) is 5.32 Å². The number of nitrogens with one attached hydrogen (secondary N) is 1. The predicted octanol–water partition coefficient (Wildman–Crippen LogP) is 6.35. The Balaban J connectivity index is 1.47. The summed E-state index contributed by atoms with van der Waals surface area (Å²) in [5, 5.41) is 4.45. The second-order valence-electron chi connectivity index (χ2n) is 7.58. The van der Waals surface area contributed by atoms with Crippen molar-refractivity contribution in [3.05, 3.63) is 83.3 Å². The van der Waals surface area contributed by atoms with Gasteiger partial charge in [0, 0.05) is 34.1 Å². The molecule has 1 aromatic heterocycles. The van der Waals surface area contributed by atoms with Crippen molar-refractivity contribution in [3.8, 4) is 0 Å². The lowest BCUT2D eigenvalue weighted by molar-refractivity contribution is -0.120. The van der Waals surface area contributed by atoms with E-state index in [0.717, 1.165) is 35.0 Å². The highest BCUT2D eigenvalue weighted by atomic mass is 35.5. The van der Waals surface area contributed by atoms with Crippen molar-refractivity contribution in [1.29, 1.82) is 0 Å². The zero-order chi connectivity index (χ0) is 20.4. The molecule has 0 aliphatic heterocycles. The molecular weight excluding hydrogens is 387 g/mol. The molecule has 1 aliphatic rings. The first-order chi connectivity index (χ1) is 14.0. The van der Waals surface area contributed by atoms with E-state index >= 15 is 0 Å². The van der Waals surface area contributed by atoms with E-state index < -0.39 is 0 Å². The van der Waals surface area contributed by atoms with Crippen LogP contribution in [0.15, 0.2) is 66.9 Å². The molecule has 148 valence electrons. The number of amides is 1. The monoisotopic (exact) mass is 408 g/mol. The molecule has 2 aromatic carbocycles. The van der Waals surface area contributed by atoms with E-state index in [1.807, 2.05) is 13.0 Å². The number of nitrogens with zero attached hydrogens (tertiary/aromatic N) is 1. The summed E-state index contributed by atoms with van der Waals surface area (Å²) < 4.78 is 13.7. The van der Waals surface area contributed by atoms with Crippen molar-refractivity contribution in [1.82, 2.24) is 4.98 Å². The zero-order valence-electron chi connectivity index (χ0n) is 16.1. The summed E-state index contributed by atoms with van der Waals surface area (Å²) in [4.78, 5) is 17.0. The summed E-state index contributed by atoms with van der Waals surface area (Å²) in [6.07, 6.45) is 7.87. The minimum Gasteiger partial charge on any atom is -0.326 e. The van der Waals surface area contributed by atoms with Crippen molar-refractivity contribution in [3.63, 3.8) is 0 Å². The van der Waals surface area contributed by atoms with E-state index in [0.29, 0.717) is 5.02 Å². The van der Waals surface area contributed by atoms with E-state index in [9.17, 15) is 9.18 Å². The third-order valence-electron chi connectivity index (χ3n) is 5.71. The molecule has 0 saturated heterocycles. The minimum atomic E-state index is -0.253. The van der Waals surface area contributed by atoms with E-state index in [2.05, 4.69) is 22.5 Å². The van der Waals surface area contributed by atoms with Gasteiger partial charge in [-0.1, -0.05) is 30.7 Å². The number of carbonyl (C=O) groups is 1. The predicted molar refractivity (Wildman–Crippen MR) is 116 cm³/mol. The van der Waals surface area contributed by atoms with Crippen molar-refractivity contribution in [2.24, 2.45) is 11.8 Å². The number of halogens is 2. The number of anilines is 1. The number of fused-ring (bicyclic) bond motifs is 1. The summed E-state index contributed by atoms with van der Waals surface area (Å²) in [5.41, 5.74) is 2.63. The second-order valence-corrected chi connectivity index (χ2v) is 8.02. The SMILES string of the molecule is C[C@@H](C(=O)Nc1ccc(Cl)cc1)[C@H]1C=C[C@@H](c2ccnc3ccc(F)cc23)CC1. The average molecular weight is 409 g/mol. The molecule has 0 unspecified atom stereocenters. The highest BCUT2D eigenvalue weighted by Crippen LogP contribution is 2.36. The number of hydrogen-bond acceptors (Lipinski definition) is 2. The Hall–Kier alpha value is -2.72. The lowest BCUT2D eigenvalue weighted by Gasteiger charge is -2.27. The van der Waals surface area contributed by atoms with Crippen LogP contribution in [0.4, 0.5) is 10.1 Å². The summed E-state index contributed by atoms with van der Waals surface area (Å²) in [6.45, 7) is 1.96. The van der Waals surface area contributed by atoms with Gasteiger partial charge in [-0.25, -0.2) is 4.39 Å². The smallest absolute Gasteiger partial charge is 0.227 e. The van der Waals surface area contributed by atoms with Gasteiger partial charge >= 0.3 is 0 Å². The molecule has 1 N–H and O–H groups in total. The molecule has 1 aliphatic carbocycles. The van der Waals surface area contributed by atoms with E-state index in [1.165, 1.54) is 6.07 Å². The fraction of sp³-hybridized carbons (Fsp3) is 0.250. The van der Waals surface area contributed by atoms with E-state index in [1.54, 1.807) is 42.6 Å². The van der Waals surface area contributed by atoms with Gasteiger partial charge in [0.25, 0.3) is 0 Å². The maximum Gasteiger partial charge on any atom is 0.227 e. The molecule has 5 heteroatoms. The summed E-state index contributed by atoms with van der Waals surface area (Å²) in [5.74, 6) is -0.0308. The topological polar surface area (TPSA) is 42.0 Å². The first kappa shape index (κ1) is 19.6. The largest absolute Gasteiger partial charge is 0.326 e. The highest BCUT2D eigenvalue weighted by Gasteiger charge is 2.27. The highest BCUT2D eigenvalue weighted by molar-refractivity contribution is 6.30. The number of allylic oxidation sites excluding steroid dienone is 2. The van der Waals surface area contributed by atoms with Gasteiger partial charge in [0.2, 0.25) is 5.91 Å². The molecule has 0 radical (unpaired) electrons. The molecule has 1 heterocycles. The molecule has 4 rings (SSSR count). The van der Waals surface area contributed by atoms with Crippen LogP contribution in [0.5, 0.6) is 0 Å². The number of carbonyl (C=O) groups excluding carboxylic acids is 1. The third kappa shape index (κ3) is 4.33. The number of benzene rings is 2. The van der Waals surface area contributed by atoms with Gasteiger partial charge in [-0.2, -0.15) is 0 Å². The Morgan fingerprint density at radius 1 is 1.14 bits per heavy atom. The summed E-state index contributed by atoms with van der Waals surface area (Å²) in [6, 6.07) is 13.8. The van der Waals surface area contributed by atoms with Crippen LogP contribution in [-0.4, -0.2) is 10.9 Å². The van der Waals surface area contributed by atoms with Gasteiger partial charge < -0.3 is 5.32 Å². The Labute approximate surface area is 174 Å². The lowest BCUT2D eigenvalue weighted by atomic mass is 9.78. The van der Waals surface area contributed by atoms with Gasteiger partial charge in [0.05, 0.1) is 5.52 Å². The van der Waals surface area contributed by atoms with Crippen molar-refractivity contribution < 1.29 is 9.18 Å². The van der Waals surface area contributed by atoms with Gasteiger partial charge in [-0.3, -0.25) is 9.78 Å². The first-order valence-electron chi connectivity index (χ1n) is 9.80. The van der Waals surface area contributed by atoms with E-state index in [4.69, 9.17) is 11.6 Å². The molecule has 3 aromatic rings. The number of pyridine rings is 1. The number of aromatic nitrogens is 1. The molecule has 29 heavy (non-hydrogen) atoms. The maximum atomic E-state index is 13.7. The molecule has 1 amide bonds. The summed E-state index contributed by atoms with van der Waals surface area (Å²) >= 11 is 5.90. The molecule has 0 spiro atoms. The molecular formula is C24H22ClFN2O. The normalized spacial score (nSPS) is 19.8. The number of rotatable bonds is 4. The van der Waals surface area contributed by atoms with E-state index in [-0.39, 0.29) is 29.5 Å². The first-order valence-corrected chi connectivity index (χ1v) is 10.2. The van der Waals surface area contributed by atoms with Crippen molar-refractivity contribution >= 4 is 34.1 Å². The molecule has 0 bridgehead atoms. The van der Waals surface area contributed by atoms with Crippen LogP contribution in [0, 0.1) is 17.7 Å². The molecule has 3 nitrogen and oxygen atoms in total. The molecule has 3 atom stereocenters. The fourth-order valence-corrected chi connectivity index (χ4v) is 4.09. The van der Waals surface area contributed by atoms with Crippen LogP contribution >= 0.6 is 11.6 Å². The van der Waals surface area contributed by atoms with Gasteiger partial charge in [0.1, 0.15) is 5.82 Å². The second kappa shape index (κ2) is 8.34. The summed E-state index contributed by atoms with van der Waals surface area (Å²) in [7, 11) is 0. The minimum absolute atomic E-state index is 0.00291. The lowest BCUT2D eigenvalue weighted by Crippen LogP contribution is -2.27. The molecule has 0 saturated carbocycles. The fourth-order valence-electron chi connectivity index (χ4n) is 3.96. The van der Waals surface area contributed by atoms with Crippen LogP contribution < -0.4 is 5.32 Å². The number of hydrogen-bond donors (Lipinski definition) is 1. The van der Waals surface area contributed by atoms with Crippen LogP contribution in [0.2, 0.25) is 5.02 Å². The van der Waals surface area contributed by atoms with Crippen LogP contribution in [-0.2, 0) is 4.79 Å². The van der Waals surface area contributed by atoms with Crippen molar-refractivity contribution in [2.45, 2.75) is 25.7 Å². The van der Waals surface area contributed by atoms with Gasteiger partial charge in [0.15, 0.2) is 0 Å². The third-order valence-corrected chi connectivity index (χ3v) is 5.96. The van der Waals surface area contributed by atoms with Crippen LogP contribution in [0.25, 0.3) is 10.9 Å². The van der Waals surface area contributed by atoms with Crippen LogP contribution in [0.3, 0.4) is 0 Å². The average Bonchev–Trinajstić information content (AvgIpc) is 2.74. The Morgan fingerprint density at radius 2 is 1.93 bits per heavy atom. The Bertz CT molecular complexity index is 1060. The standard InChI is InChI=1S/C24H22ClFN2O/c1-15(24(29)28-20-9-6-18(25)7-10-20)16-2-4-17(5-3-16)21-12-13-27-23-11-8-19(26)14-22(21)23/h2,4,6-17H,3,5H2,1H3,(H,28,29)/t15-,16+,17-/m1/s1. The van der Waals surface area contributed by atoms with Gasteiger partial charge in [-0.05, 0) is 72.9 Å². The Kier molecular flexibility index (Phi) is 5.63.